The minimum Gasteiger partial charge on any atom is -0.497 e. The number of benzene rings is 2. The Hall–Kier alpha value is -2.21. The molecule has 1 fully saturated rings. The topological polar surface area (TPSA) is 54.0 Å². The largest absolute Gasteiger partial charge is 0.497 e. The molecule has 0 saturated carbocycles. The van der Waals surface area contributed by atoms with E-state index in [9.17, 15) is 4.79 Å². The van der Waals surface area contributed by atoms with Crippen molar-refractivity contribution in [1.29, 1.82) is 0 Å². The number of fused-ring (bicyclic) bond motifs is 4. The van der Waals surface area contributed by atoms with Crippen LogP contribution in [0, 0.1) is 0 Å². The fraction of sp³-hybridized carbons (Fsp3) is 0.278. The minimum absolute atomic E-state index is 0.0911. The molecule has 2 heterocycles. The van der Waals surface area contributed by atoms with E-state index in [0.717, 1.165) is 11.3 Å². The van der Waals surface area contributed by atoms with Crippen LogP contribution in [0.4, 0.5) is 0 Å². The zero-order valence-electron chi connectivity index (χ0n) is 12.8. The van der Waals surface area contributed by atoms with Gasteiger partial charge in [0.1, 0.15) is 11.9 Å². The van der Waals surface area contributed by atoms with Crippen LogP contribution in [-0.2, 0) is 20.2 Å². The molecule has 2 bridgehead atoms. The molecule has 1 saturated heterocycles. The highest BCUT2D eigenvalue weighted by molar-refractivity contribution is 6.02. The number of Topliss-reactive ketones (excluding diaryl/α,β-unsaturated/α-hetero) is 1. The number of carbonyl (C=O) groups excluding carboxylic acids is 1. The quantitative estimate of drug-likeness (QED) is 0.872. The lowest BCUT2D eigenvalue weighted by molar-refractivity contribution is -0.343. The zero-order chi connectivity index (χ0) is 16.0. The molecule has 4 rings (SSSR count). The van der Waals surface area contributed by atoms with Crippen LogP contribution in [0.3, 0.4) is 0 Å². The maximum absolute atomic E-state index is 12.8. The molecule has 0 aliphatic carbocycles. The van der Waals surface area contributed by atoms with Crippen molar-refractivity contribution in [2.75, 3.05) is 14.2 Å². The number of ether oxygens (including phenoxy) is 4. The predicted octanol–water partition coefficient (Wildman–Crippen LogP) is 2.80. The van der Waals surface area contributed by atoms with Gasteiger partial charge >= 0.3 is 5.97 Å². The van der Waals surface area contributed by atoms with Crippen LogP contribution in [0.1, 0.15) is 27.6 Å². The molecule has 0 N–H and O–H groups in total. The van der Waals surface area contributed by atoms with E-state index in [0.29, 0.717) is 11.1 Å². The summed E-state index contributed by atoms with van der Waals surface area (Å²) >= 11 is 0. The van der Waals surface area contributed by atoms with Gasteiger partial charge in [-0.2, -0.15) is 0 Å². The Kier molecular flexibility index (Phi) is 3.23. The second-order valence-corrected chi connectivity index (χ2v) is 5.52. The molecule has 3 atom stereocenters. The lowest BCUT2D eigenvalue weighted by Gasteiger charge is -2.30. The molecule has 23 heavy (non-hydrogen) atoms. The maximum Gasteiger partial charge on any atom is 0.313 e. The van der Waals surface area contributed by atoms with Crippen molar-refractivity contribution in [2.45, 2.75) is 18.2 Å². The molecule has 0 aromatic heterocycles. The first-order valence-corrected chi connectivity index (χ1v) is 7.37. The van der Waals surface area contributed by atoms with Crippen molar-refractivity contribution < 1.29 is 23.7 Å². The van der Waals surface area contributed by atoms with Gasteiger partial charge in [0.15, 0.2) is 11.9 Å². The molecule has 2 aliphatic heterocycles. The SMILES string of the molecule is COc1ccc([C@H]2O[C@@]3(OC)O[C@@H]2C(=O)c2ccccc23)cc1. The van der Waals surface area contributed by atoms with Gasteiger partial charge in [-0.25, -0.2) is 0 Å². The highest BCUT2D eigenvalue weighted by Crippen LogP contribution is 2.50. The van der Waals surface area contributed by atoms with Crippen molar-refractivity contribution in [2.24, 2.45) is 0 Å². The third-order valence-corrected chi connectivity index (χ3v) is 4.33. The number of hydrogen-bond donors (Lipinski definition) is 0. The van der Waals surface area contributed by atoms with Gasteiger partial charge < -0.3 is 18.9 Å². The highest BCUT2D eigenvalue weighted by atomic mass is 16.9. The normalized spacial score (nSPS) is 28.5. The minimum atomic E-state index is -1.33. The summed E-state index contributed by atoms with van der Waals surface area (Å²) in [7, 11) is 3.12. The summed E-state index contributed by atoms with van der Waals surface area (Å²) in [5.74, 6) is -0.682. The molecule has 2 aliphatic rings. The molecule has 0 spiro atoms. The first kappa shape index (κ1) is 14.4. The van der Waals surface area contributed by atoms with Gasteiger partial charge in [-0.05, 0) is 17.7 Å². The van der Waals surface area contributed by atoms with Gasteiger partial charge in [-0.15, -0.1) is 0 Å². The molecule has 0 amide bonds. The summed E-state index contributed by atoms with van der Waals surface area (Å²) in [6, 6.07) is 14.6. The molecule has 2 aromatic carbocycles. The Labute approximate surface area is 133 Å². The van der Waals surface area contributed by atoms with E-state index in [2.05, 4.69) is 0 Å². The van der Waals surface area contributed by atoms with Crippen LogP contribution >= 0.6 is 0 Å². The molecule has 5 nitrogen and oxygen atoms in total. The van der Waals surface area contributed by atoms with Crippen LogP contribution in [0.15, 0.2) is 48.5 Å². The molecule has 0 radical (unpaired) electrons. The Balaban J connectivity index is 1.78. The number of hydrogen-bond acceptors (Lipinski definition) is 5. The van der Waals surface area contributed by atoms with E-state index in [-0.39, 0.29) is 5.78 Å². The molecule has 0 unspecified atom stereocenters. The van der Waals surface area contributed by atoms with Gasteiger partial charge in [-0.3, -0.25) is 4.79 Å². The van der Waals surface area contributed by atoms with Gasteiger partial charge in [0.05, 0.1) is 12.7 Å². The Morgan fingerprint density at radius 2 is 1.65 bits per heavy atom. The van der Waals surface area contributed by atoms with E-state index < -0.39 is 18.2 Å². The number of carbonyl (C=O) groups is 1. The maximum atomic E-state index is 12.8. The first-order valence-electron chi connectivity index (χ1n) is 7.37. The van der Waals surface area contributed by atoms with Crippen LogP contribution < -0.4 is 4.74 Å². The molecular weight excluding hydrogens is 296 g/mol. The third kappa shape index (κ3) is 2.01. The summed E-state index contributed by atoms with van der Waals surface area (Å²) < 4.78 is 22.6. The average molecular weight is 312 g/mol. The number of rotatable bonds is 3. The van der Waals surface area contributed by atoms with Gasteiger partial charge in [0.25, 0.3) is 0 Å². The van der Waals surface area contributed by atoms with Crippen LogP contribution in [0.5, 0.6) is 5.75 Å². The summed E-state index contributed by atoms with van der Waals surface area (Å²) in [4.78, 5) is 12.8. The Morgan fingerprint density at radius 1 is 0.957 bits per heavy atom. The van der Waals surface area contributed by atoms with Crippen molar-refractivity contribution in [3.05, 3.63) is 65.2 Å². The van der Waals surface area contributed by atoms with Gasteiger partial charge in [0, 0.05) is 12.7 Å². The summed E-state index contributed by atoms with van der Waals surface area (Å²) in [5.41, 5.74) is 2.04. The van der Waals surface area contributed by atoms with E-state index in [1.54, 1.807) is 19.2 Å². The van der Waals surface area contributed by atoms with Crippen molar-refractivity contribution in [3.8, 4) is 5.75 Å². The van der Waals surface area contributed by atoms with E-state index >= 15 is 0 Å². The number of methoxy groups -OCH3 is 2. The smallest absolute Gasteiger partial charge is 0.313 e. The van der Waals surface area contributed by atoms with E-state index in [4.69, 9.17) is 18.9 Å². The second kappa shape index (κ2) is 5.16. The third-order valence-electron chi connectivity index (χ3n) is 4.33. The van der Waals surface area contributed by atoms with E-state index in [1.165, 1.54) is 7.11 Å². The lowest BCUT2D eigenvalue weighted by Crippen LogP contribution is -2.39. The molecule has 118 valence electrons. The monoisotopic (exact) mass is 312 g/mol. The molecule has 5 heteroatoms. The van der Waals surface area contributed by atoms with E-state index in [1.807, 2.05) is 36.4 Å². The molecule has 2 aromatic rings. The standard InChI is InChI=1S/C18H16O5/c1-20-12-9-7-11(8-10-12)16-17-15(19)13-5-3-4-6-14(13)18(21-2,22-16)23-17/h3-10,16-17H,1-2H3/t16-,17-,18-/m1/s1. The molecular formula is C18H16O5. The average Bonchev–Trinajstić information content (AvgIpc) is 2.98. The lowest BCUT2D eigenvalue weighted by atomic mass is 9.93. The first-order chi connectivity index (χ1) is 11.2. The Morgan fingerprint density at radius 3 is 2.35 bits per heavy atom. The van der Waals surface area contributed by atoms with Crippen molar-refractivity contribution in [1.82, 2.24) is 0 Å². The van der Waals surface area contributed by atoms with Gasteiger partial charge in [-0.1, -0.05) is 36.4 Å². The fourth-order valence-corrected chi connectivity index (χ4v) is 3.16. The zero-order valence-corrected chi connectivity index (χ0v) is 12.8. The predicted molar refractivity (Wildman–Crippen MR) is 81.2 cm³/mol. The Bertz CT molecular complexity index is 754. The summed E-state index contributed by atoms with van der Waals surface area (Å²) in [6.45, 7) is 0. The fourth-order valence-electron chi connectivity index (χ4n) is 3.16. The van der Waals surface area contributed by atoms with Gasteiger partial charge in [0.2, 0.25) is 0 Å². The summed E-state index contributed by atoms with van der Waals surface area (Å²) in [5, 5.41) is 0. The summed E-state index contributed by atoms with van der Waals surface area (Å²) in [6.07, 6.45) is -1.25. The number of ketones is 1. The van der Waals surface area contributed by atoms with Crippen LogP contribution in [-0.4, -0.2) is 26.1 Å². The van der Waals surface area contributed by atoms with Crippen molar-refractivity contribution in [3.63, 3.8) is 0 Å². The van der Waals surface area contributed by atoms with Crippen LogP contribution in [0.2, 0.25) is 0 Å². The van der Waals surface area contributed by atoms with Crippen LogP contribution in [0.25, 0.3) is 0 Å². The highest BCUT2D eigenvalue weighted by Gasteiger charge is 2.58. The second-order valence-electron chi connectivity index (χ2n) is 5.52. The van der Waals surface area contributed by atoms with Crippen molar-refractivity contribution >= 4 is 5.78 Å².